The van der Waals surface area contributed by atoms with E-state index >= 15 is 0 Å². The standard InChI is InChI=1S/C12H15BrF3N3O/c1-11(4-2-3-5-11)18-8-6-17-19(7-12(14,15)16)10(20)9(8)13/h6,18H,2-5,7H2,1H3. The Labute approximate surface area is 122 Å². The summed E-state index contributed by atoms with van der Waals surface area (Å²) in [6.45, 7) is 0.648. The van der Waals surface area contributed by atoms with Crippen LogP contribution in [0, 0.1) is 0 Å². The number of hydrogen-bond donors (Lipinski definition) is 1. The number of anilines is 1. The summed E-state index contributed by atoms with van der Waals surface area (Å²) >= 11 is 3.07. The van der Waals surface area contributed by atoms with Crippen LogP contribution in [0.15, 0.2) is 15.5 Å². The van der Waals surface area contributed by atoms with Crippen molar-refractivity contribution < 1.29 is 13.2 Å². The number of rotatable bonds is 3. The smallest absolute Gasteiger partial charge is 0.378 e. The molecule has 1 aliphatic rings. The van der Waals surface area contributed by atoms with Crippen molar-refractivity contribution in [1.82, 2.24) is 9.78 Å². The molecule has 112 valence electrons. The van der Waals surface area contributed by atoms with Gasteiger partial charge < -0.3 is 5.32 Å². The highest BCUT2D eigenvalue weighted by molar-refractivity contribution is 9.10. The molecule has 0 aromatic carbocycles. The Kier molecular flexibility index (Phi) is 4.13. The van der Waals surface area contributed by atoms with Crippen LogP contribution in [-0.2, 0) is 6.54 Å². The molecule has 0 unspecified atom stereocenters. The van der Waals surface area contributed by atoms with Crippen molar-refractivity contribution in [2.24, 2.45) is 0 Å². The minimum atomic E-state index is -4.47. The maximum absolute atomic E-state index is 12.3. The van der Waals surface area contributed by atoms with E-state index < -0.39 is 18.3 Å². The first-order valence-corrected chi connectivity index (χ1v) is 7.10. The van der Waals surface area contributed by atoms with E-state index in [1.165, 1.54) is 6.20 Å². The van der Waals surface area contributed by atoms with Crippen molar-refractivity contribution in [3.05, 3.63) is 21.0 Å². The molecule has 0 atom stereocenters. The van der Waals surface area contributed by atoms with Crippen molar-refractivity contribution in [3.8, 4) is 0 Å². The van der Waals surface area contributed by atoms with Gasteiger partial charge in [-0.1, -0.05) is 12.8 Å². The van der Waals surface area contributed by atoms with Crippen molar-refractivity contribution >= 4 is 21.6 Å². The lowest BCUT2D eigenvalue weighted by molar-refractivity contribution is -0.143. The fourth-order valence-corrected chi connectivity index (χ4v) is 2.85. The lowest BCUT2D eigenvalue weighted by atomic mass is 10.0. The molecule has 0 radical (unpaired) electrons. The molecular weight excluding hydrogens is 339 g/mol. The summed E-state index contributed by atoms with van der Waals surface area (Å²) in [6.07, 6.45) is 0.916. The molecule has 1 saturated carbocycles. The van der Waals surface area contributed by atoms with Crippen LogP contribution in [-0.4, -0.2) is 21.5 Å². The summed E-state index contributed by atoms with van der Waals surface area (Å²) in [6, 6.07) is 0. The van der Waals surface area contributed by atoms with Gasteiger partial charge in [0, 0.05) is 5.54 Å². The summed E-state index contributed by atoms with van der Waals surface area (Å²) in [5.41, 5.74) is -0.473. The second-order valence-corrected chi connectivity index (χ2v) is 6.14. The van der Waals surface area contributed by atoms with E-state index in [1.54, 1.807) is 0 Å². The molecule has 1 aromatic rings. The monoisotopic (exact) mass is 353 g/mol. The van der Waals surface area contributed by atoms with Gasteiger partial charge in [-0.2, -0.15) is 18.3 Å². The Balaban J connectivity index is 2.25. The Bertz CT molecular complexity index is 550. The maximum Gasteiger partial charge on any atom is 0.408 e. The summed E-state index contributed by atoms with van der Waals surface area (Å²) in [5.74, 6) is 0. The lowest BCUT2D eigenvalue weighted by Gasteiger charge is -2.27. The highest BCUT2D eigenvalue weighted by Crippen LogP contribution is 2.33. The number of nitrogens with zero attached hydrogens (tertiary/aromatic N) is 2. The number of hydrogen-bond acceptors (Lipinski definition) is 3. The van der Waals surface area contributed by atoms with Gasteiger partial charge in [-0.3, -0.25) is 4.79 Å². The van der Waals surface area contributed by atoms with E-state index in [2.05, 4.69) is 26.3 Å². The van der Waals surface area contributed by atoms with Crippen LogP contribution in [0.1, 0.15) is 32.6 Å². The van der Waals surface area contributed by atoms with Crippen LogP contribution in [0.25, 0.3) is 0 Å². The summed E-state index contributed by atoms with van der Waals surface area (Å²) in [5, 5.41) is 6.80. The minimum Gasteiger partial charge on any atom is -0.378 e. The zero-order valence-electron chi connectivity index (χ0n) is 10.9. The molecule has 2 rings (SSSR count). The predicted octanol–water partition coefficient (Wildman–Crippen LogP) is 3.31. The predicted molar refractivity (Wildman–Crippen MR) is 72.7 cm³/mol. The van der Waals surface area contributed by atoms with Gasteiger partial charge in [-0.15, -0.1) is 0 Å². The average Bonchev–Trinajstić information content (AvgIpc) is 2.74. The molecule has 0 bridgehead atoms. The molecule has 0 aliphatic heterocycles. The quantitative estimate of drug-likeness (QED) is 0.906. The lowest BCUT2D eigenvalue weighted by Crippen LogP contribution is -2.34. The van der Waals surface area contributed by atoms with Gasteiger partial charge in [0.05, 0.1) is 11.9 Å². The molecule has 1 fully saturated rings. The molecular formula is C12H15BrF3N3O. The van der Waals surface area contributed by atoms with Crippen molar-refractivity contribution in [3.63, 3.8) is 0 Å². The van der Waals surface area contributed by atoms with Gasteiger partial charge in [-0.25, -0.2) is 4.68 Å². The van der Waals surface area contributed by atoms with Gasteiger partial charge in [0.15, 0.2) is 0 Å². The number of alkyl halides is 3. The molecule has 0 saturated heterocycles. The van der Waals surface area contributed by atoms with E-state index in [9.17, 15) is 18.0 Å². The van der Waals surface area contributed by atoms with Crippen molar-refractivity contribution in [1.29, 1.82) is 0 Å². The van der Waals surface area contributed by atoms with Crippen LogP contribution in [0.2, 0.25) is 0 Å². The van der Waals surface area contributed by atoms with E-state index in [0.717, 1.165) is 25.7 Å². The summed E-state index contributed by atoms with van der Waals surface area (Å²) in [7, 11) is 0. The molecule has 0 amide bonds. The SMILES string of the molecule is CC1(Nc2cnn(CC(F)(F)F)c(=O)c2Br)CCCC1. The van der Waals surface area contributed by atoms with Gasteiger partial charge in [0.1, 0.15) is 11.0 Å². The largest absolute Gasteiger partial charge is 0.408 e. The van der Waals surface area contributed by atoms with Crippen molar-refractivity contribution in [2.75, 3.05) is 5.32 Å². The van der Waals surface area contributed by atoms with Crippen LogP contribution < -0.4 is 10.9 Å². The third-order valence-corrected chi connectivity index (χ3v) is 4.22. The van der Waals surface area contributed by atoms with E-state index in [1.807, 2.05) is 6.92 Å². The van der Waals surface area contributed by atoms with Crippen LogP contribution in [0.4, 0.5) is 18.9 Å². The van der Waals surface area contributed by atoms with Gasteiger partial charge >= 0.3 is 6.18 Å². The van der Waals surface area contributed by atoms with E-state index in [0.29, 0.717) is 10.4 Å². The van der Waals surface area contributed by atoms with E-state index in [4.69, 9.17) is 0 Å². The number of halogens is 4. The molecule has 1 N–H and O–H groups in total. The zero-order valence-corrected chi connectivity index (χ0v) is 12.5. The molecule has 0 spiro atoms. The van der Waals surface area contributed by atoms with Crippen LogP contribution in [0.5, 0.6) is 0 Å². The molecule has 1 aliphatic carbocycles. The topological polar surface area (TPSA) is 46.9 Å². The Morgan fingerprint density at radius 2 is 2.05 bits per heavy atom. The average molecular weight is 354 g/mol. The molecule has 8 heteroatoms. The molecule has 1 heterocycles. The normalized spacial score (nSPS) is 18.2. The molecule has 1 aromatic heterocycles. The fourth-order valence-electron chi connectivity index (χ4n) is 2.44. The van der Waals surface area contributed by atoms with Gasteiger partial charge in [0.2, 0.25) is 0 Å². The van der Waals surface area contributed by atoms with Crippen LogP contribution in [0.3, 0.4) is 0 Å². The summed E-state index contributed by atoms with van der Waals surface area (Å²) < 4.78 is 37.4. The third-order valence-electron chi connectivity index (χ3n) is 3.46. The number of nitrogens with one attached hydrogen (secondary N) is 1. The van der Waals surface area contributed by atoms with Crippen LogP contribution >= 0.6 is 15.9 Å². The fraction of sp³-hybridized carbons (Fsp3) is 0.667. The third kappa shape index (κ3) is 3.53. The Morgan fingerprint density at radius 1 is 1.45 bits per heavy atom. The van der Waals surface area contributed by atoms with Crippen molar-refractivity contribution in [2.45, 2.75) is 50.9 Å². The highest BCUT2D eigenvalue weighted by atomic mass is 79.9. The summed E-state index contributed by atoms with van der Waals surface area (Å²) in [4.78, 5) is 11.9. The zero-order chi connectivity index (χ0) is 15.0. The van der Waals surface area contributed by atoms with Gasteiger partial charge in [-0.05, 0) is 35.7 Å². The maximum atomic E-state index is 12.3. The first-order chi connectivity index (χ1) is 9.20. The minimum absolute atomic E-state index is 0.0878. The van der Waals surface area contributed by atoms with E-state index in [-0.39, 0.29) is 10.0 Å². The second kappa shape index (κ2) is 5.38. The Hall–Kier alpha value is -1.05. The first kappa shape index (κ1) is 15.3. The first-order valence-electron chi connectivity index (χ1n) is 6.31. The van der Waals surface area contributed by atoms with Gasteiger partial charge in [0.25, 0.3) is 5.56 Å². The molecule has 4 nitrogen and oxygen atoms in total. The number of aromatic nitrogens is 2. The highest BCUT2D eigenvalue weighted by Gasteiger charge is 2.31. The molecule has 20 heavy (non-hydrogen) atoms. The second-order valence-electron chi connectivity index (χ2n) is 5.34. The Morgan fingerprint density at radius 3 is 2.60 bits per heavy atom.